The van der Waals surface area contributed by atoms with E-state index in [2.05, 4.69) is 5.32 Å². The molecule has 1 N–H and O–H groups in total. The van der Waals surface area contributed by atoms with Crippen molar-refractivity contribution >= 4 is 35.6 Å². The molecule has 1 aromatic carbocycles. The van der Waals surface area contributed by atoms with Gasteiger partial charge < -0.3 is 10.2 Å². The zero-order chi connectivity index (χ0) is 12.5. The lowest BCUT2D eigenvalue weighted by atomic mass is 10.0. The Kier molecular flexibility index (Phi) is 4.71. The molecular formula is C14H18Cl2N2O. The molecule has 3 nitrogen and oxygen atoms in total. The highest BCUT2D eigenvalue weighted by molar-refractivity contribution is 6.31. The number of anilines is 1. The average Bonchev–Trinajstić information content (AvgIpc) is 2.82. The average molecular weight is 301 g/mol. The van der Waals surface area contributed by atoms with Crippen LogP contribution in [0.5, 0.6) is 0 Å². The Morgan fingerprint density at radius 1 is 1.37 bits per heavy atom. The normalized spacial score (nSPS) is 21.7. The summed E-state index contributed by atoms with van der Waals surface area (Å²) in [5.41, 5.74) is 2.23. The highest BCUT2D eigenvalue weighted by Crippen LogP contribution is 2.31. The molecule has 0 bridgehead atoms. The Morgan fingerprint density at radius 3 is 2.95 bits per heavy atom. The minimum absolute atomic E-state index is 0. The number of nitrogens with zero attached hydrogens (tertiary/aromatic N) is 1. The van der Waals surface area contributed by atoms with Crippen LogP contribution in [0.3, 0.4) is 0 Å². The molecular weight excluding hydrogens is 283 g/mol. The van der Waals surface area contributed by atoms with E-state index >= 15 is 0 Å². The monoisotopic (exact) mass is 300 g/mol. The van der Waals surface area contributed by atoms with Gasteiger partial charge in [-0.25, -0.2) is 0 Å². The second-order valence-corrected chi connectivity index (χ2v) is 5.45. The molecule has 5 heteroatoms. The summed E-state index contributed by atoms with van der Waals surface area (Å²) >= 11 is 6.03. The van der Waals surface area contributed by atoms with Crippen LogP contribution in [0, 0.1) is 0 Å². The molecule has 0 aromatic heterocycles. The van der Waals surface area contributed by atoms with Gasteiger partial charge in [-0.3, -0.25) is 4.79 Å². The number of benzene rings is 1. The third-order valence-electron chi connectivity index (χ3n) is 3.82. The Morgan fingerprint density at radius 2 is 2.21 bits per heavy atom. The van der Waals surface area contributed by atoms with E-state index in [1.165, 1.54) is 12.0 Å². The van der Waals surface area contributed by atoms with Crippen LogP contribution in [0.15, 0.2) is 18.2 Å². The molecule has 0 spiro atoms. The Hall–Kier alpha value is -0.770. The lowest BCUT2D eigenvalue weighted by Crippen LogP contribution is -2.48. The van der Waals surface area contributed by atoms with Crippen LogP contribution in [0.2, 0.25) is 5.02 Å². The zero-order valence-corrected chi connectivity index (χ0v) is 12.3. The minimum Gasteiger partial charge on any atom is -0.310 e. The van der Waals surface area contributed by atoms with Crippen molar-refractivity contribution in [3.05, 3.63) is 28.8 Å². The maximum atomic E-state index is 12.5. The highest BCUT2D eigenvalue weighted by Gasteiger charge is 2.30. The molecule has 1 fully saturated rings. The van der Waals surface area contributed by atoms with Crippen molar-refractivity contribution in [1.29, 1.82) is 0 Å². The van der Waals surface area contributed by atoms with E-state index < -0.39 is 0 Å². The summed E-state index contributed by atoms with van der Waals surface area (Å²) < 4.78 is 0. The van der Waals surface area contributed by atoms with Crippen LogP contribution in [0.1, 0.15) is 24.8 Å². The zero-order valence-electron chi connectivity index (χ0n) is 10.7. The van der Waals surface area contributed by atoms with Crippen LogP contribution < -0.4 is 10.2 Å². The van der Waals surface area contributed by atoms with Crippen molar-refractivity contribution in [1.82, 2.24) is 5.32 Å². The van der Waals surface area contributed by atoms with Gasteiger partial charge in [0.1, 0.15) is 0 Å². The van der Waals surface area contributed by atoms with E-state index in [0.29, 0.717) is 5.02 Å². The third kappa shape index (κ3) is 2.88. The number of nitrogens with one attached hydrogen (secondary N) is 1. The largest absolute Gasteiger partial charge is 0.310 e. The van der Waals surface area contributed by atoms with E-state index in [4.69, 9.17) is 11.6 Å². The smallest absolute Gasteiger partial charge is 0.244 e. The minimum atomic E-state index is -0.0105. The number of halogens is 2. The second-order valence-electron chi connectivity index (χ2n) is 5.02. The van der Waals surface area contributed by atoms with Gasteiger partial charge in [-0.15, -0.1) is 12.4 Å². The molecule has 0 radical (unpaired) electrons. The van der Waals surface area contributed by atoms with Gasteiger partial charge in [0.15, 0.2) is 0 Å². The van der Waals surface area contributed by atoms with Gasteiger partial charge in [-0.2, -0.15) is 0 Å². The van der Waals surface area contributed by atoms with Gasteiger partial charge in [-0.1, -0.05) is 24.1 Å². The van der Waals surface area contributed by atoms with E-state index in [9.17, 15) is 4.79 Å². The van der Waals surface area contributed by atoms with Gasteiger partial charge in [0.2, 0.25) is 5.91 Å². The van der Waals surface area contributed by atoms with Crippen molar-refractivity contribution in [2.24, 2.45) is 0 Å². The maximum absolute atomic E-state index is 12.5. The van der Waals surface area contributed by atoms with E-state index in [1.54, 1.807) is 0 Å². The van der Waals surface area contributed by atoms with Crippen molar-refractivity contribution in [2.75, 3.05) is 18.0 Å². The van der Waals surface area contributed by atoms with Crippen LogP contribution in [-0.2, 0) is 11.2 Å². The standard InChI is InChI=1S/C14H17ClN2O.ClH/c15-11-5-4-10-6-8-17(13(10)9-11)14(18)12-3-1-2-7-16-12;/h4-5,9,12,16H,1-3,6-8H2;1H. The summed E-state index contributed by atoms with van der Waals surface area (Å²) in [5, 5.41) is 4.02. The molecule has 19 heavy (non-hydrogen) atoms. The fraction of sp³-hybridized carbons (Fsp3) is 0.500. The molecule has 2 aliphatic rings. The van der Waals surface area contributed by atoms with Crippen molar-refractivity contribution in [3.8, 4) is 0 Å². The number of amides is 1. The highest BCUT2D eigenvalue weighted by atomic mass is 35.5. The van der Waals surface area contributed by atoms with Crippen LogP contribution in [-0.4, -0.2) is 25.0 Å². The molecule has 1 saturated heterocycles. The van der Waals surface area contributed by atoms with Gasteiger partial charge in [-0.05, 0) is 43.5 Å². The number of piperidine rings is 1. The van der Waals surface area contributed by atoms with E-state index in [1.807, 2.05) is 23.1 Å². The lowest BCUT2D eigenvalue weighted by Gasteiger charge is -2.27. The predicted octanol–water partition coefficient (Wildman–Crippen LogP) is 2.79. The first-order valence-corrected chi connectivity index (χ1v) is 6.97. The quantitative estimate of drug-likeness (QED) is 0.865. The lowest BCUT2D eigenvalue weighted by molar-refractivity contribution is -0.121. The molecule has 1 unspecified atom stereocenters. The summed E-state index contributed by atoms with van der Waals surface area (Å²) in [4.78, 5) is 14.4. The number of hydrogen-bond donors (Lipinski definition) is 1. The van der Waals surface area contributed by atoms with Crippen LogP contribution in [0.25, 0.3) is 0 Å². The molecule has 1 aromatic rings. The maximum Gasteiger partial charge on any atom is 0.244 e. The summed E-state index contributed by atoms with van der Waals surface area (Å²) in [6.07, 6.45) is 4.20. The van der Waals surface area contributed by atoms with Gasteiger partial charge >= 0.3 is 0 Å². The summed E-state index contributed by atoms with van der Waals surface area (Å²) in [7, 11) is 0. The topological polar surface area (TPSA) is 32.3 Å². The molecule has 1 atom stereocenters. The first kappa shape index (κ1) is 14.6. The van der Waals surface area contributed by atoms with Gasteiger partial charge in [0.05, 0.1) is 6.04 Å². The SMILES string of the molecule is Cl.O=C(C1CCCCN1)N1CCc2ccc(Cl)cc21. The molecule has 2 heterocycles. The number of fused-ring (bicyclic) bond motifs is 1. The van der Waals surface area contributed by atoms with Gasteiger partial charge in [0.25, 0.3) is 0 Å². The van der Waals surface area contributed by atoms with Crippen molar-refractivity contribution < 1.29 is 4.79 Å². The molecule has 0 aliphatic carbocycles. The van der Waals surface area contributed by atoms with Crippen molar-refractivity contribution in [3.63, 3.8) is 0 Å². The summed E-state index contributed by atoms with van der Waals surface area (Å²) in [6, 6.07) is 5.82. The first-order chi connectivity index (χ1) is 8.75. The predicted molar refractivity (Wildman–Crippen MR) is 80.4 cm³/mol. The van der Waals surface area contributed by atoms with Crippen LogP contribution in [0.4, 0.5) is 5.69 Å². The van der Waals surface area contributed by atoms with Gasteiger partial charge in [0, 0.05) is 17.3 Å². The van der Waals surface area contributed by atoms with E-state index in [-0.39, 0.29) is 24.4 Å². The number of carbonyl (C=O) groups is 1. The number of rotatable bonds is 1. The molecule has 1 amide bonds. The third-order valence-corrected chi connectivity index (χ3v) is 4.05. The molecule has 0 saturated carbocycles. The van der Waals surface area contributed by atoms with Crippen LogP contribution >= 0.6 is 24.0 Å². The fourth-order valence-electron chi connectivity index (χ4n) is 2.83. The van der Waals surface area contributed by atoms with Crippen molar-refractivity contribution in [2.45, 2.75) is 31.7 Å². The Balaban J connectivity index is 0.00000133. The molecule has 2 aliphatic heterocycles. The Labute approximate surface area is 124 Å². The Bertz CT molecular complexity index is 473. The first-order valence-electron chi connectivity index (χ1n) is 6.59. The number of hydrogen-bond acceptors (Lipinski definition) is 2. The molecule has 104 valence electrons. The number of carbonyl (C=O) groups excluding carboxylic acids is 1. The van der Waals surface area contributed by atoms with E-state index in [0.717, 1.165) is 38.0 Å². The second kappa shape index (κ2) is 6.12. The summed E-state index contributed by atoms with van der Waals surface area (Å²) in [5.74, 6) is 0.204. The summed E-state index contributed by atoms with van der Waals surface area (Å²) in [6.45, 7) is 1.74. The molecule has 3 rings (SSSR count). The fourth-order valence-corrected chi connectivity index (χ4v) is 3.00.